The summed E-state index contributed by atoms with van der Waals surface area (Å²) in [5, 5.41) is 3.56. The highest BCUT2D eigenvalue weighted by Gasteiger charge is 2.36. The lowest BCUT2D eigenvalue weighted by molar-refractivity contribution is -0.141. The van der Waals surface area contributed by atoms with E-state index >= 15 is 0 Å². The quantitative estimate of drug-likeness (QED) is 0.844. The Kier molecular flexibility index (Phi) is 5.56. The van der Waals surface area contributed by atoms with Gasteiger partial charge in [0.25, 0.3) is 0 Å². The number of carbonyl (C=O) groups excluding carboxylic acids is 2. The third-order valence-corrected chi connectivity index (χ3v) is 5.12. The Bertz CT molecular complexity index is 621. The fraction of sp³-hybridized carbons (Fsp3) is 0.474. The Morgan fingerprint density at radius 2 is 1.58 bits per heavy atom. The summed E-state index contributed by atoms with van der Waals surface area (Å²) in [6.07, 6.45) is 8.61. The number of anilines is 1. The van der Waals surface area contributed by atoms with Crippen LogP contribution in [0.4, 0.5) is 5.69 Å². The van der Waals surface area contributed by atoms with Crippen LogP contribution in [0.15, 0.2) is 36.4 Å². The molecule has 24 heavy (non-hydrogen) atoms. The Morgan fingerprint density at radius 1 is 0.958 bits per heavy atom. The van der Waals surface area contributed by atoms with Crippen LogP contribution < -0.4 is 5.32 Å². The maximum absolute atomic E-state index is 12.9. The van der Waals surface area contributed by atoms with Crippen molar-refractivity contribution in [2.75, 3.05) is 18.4 Å². The molecule has 1 fully saturated rings. The first kappa shape index (κ1) is 17.0. The minimum absolute atomic E-state index is 0.0861. The van der Waals surface area contributed by atoms with E-state index in [1.54, 1.807) is 24.3 Å². The zero-order valence-corrected chi connectivity index (χ0v) is 14.5. The first-order valence-corrected chi connectivity index (χ1v) is 9.03. The first-order chi connectivity index (χ1) is 11.6. The highest BCUT2D eigenvalue weighted by molar-refractivity contribution is 6.30. The number of nitrogens with one attached hydrogen (secondary N) is 1. The minimum Gasteiger partial charge on any atom is -0.342 e. The van der Waals surface area contributed by atoms with Gasteiger partial charge in [-0.15, -0.1) is 0 Å². The van der Waals surface area contributed by atoms with Gasteiger partial charge in [0.1, 0.15) is 0 Å². The Labute approximate surface area is 147 Å². The van der Waals surface area contributed by atoms with Crippen LogP contribution in [0.2, 0.25) is 5.02 Å². The van der Waals surface area contributed by atoms with Crippen molar-refractivity contribution in [2.45, 2.75) is 32.1 Å². The number of benzene rings is 1. The molecule has 1 aliphatic carbocycles. The van der Waals surface area contributed by atoms with E-state index in [0.717, 1.165) is 25.9 Å². The summed E-state index contributed by atoms with van der Waals surface area (Å²) in [4.78, 5) is 27.5. The van der Waals surface area contributed by atoms with Gasteiger partial charge in [-0.2, -0.15) is 0 Å². The maximum Gasteiger partial charge on any atom is 0.228 e. The van der Waals surface area contributed by atoms with Crippen molar-refractivity contribution in [3.05, 3.63) is 41.4 Å². The number of rotatable bonds is 3. The minimum atomic E-state index is -0.305. The standard InChI is InChI=1S/C19H23ClN2O2/c20-14-8-10-15(11-9-14)21-18(23)16-6-2-3-7-17(16)19(24)22-12-4-1-5-13-22/h2-3,8-11,16-17H,1,4-7,12-13H2,(H,21,23). The molecule has 4 nitrogen and oxygen atoms in total. The summed E-state index contributed by atoms with van der Waals surface area (Å²) >= 11 is 5.88. The highest BCUT2D eigenvalue weighted by atomic mass is 35.5. The molecule has 1 aromatic carbocycles. The second kappa shape index (κ2) is 7.84. The monoisotopic (exact) mass is 346 g/mol. The number of amides is 2. The van der Waals surface area contributed by atoms with Gasteiger partial charge in [-0.3, -0.25) is 9.59 Å². The van der Waals surface area contributed by atoms with Gasteiger partial charge >= 0.3 is 0 Å². The molecule has 1 heterocycles. The van der Waals surface area contributed by atoms with Crippen molar-refractivity contribution < 1.29 is 9.59 Å². The van der Waals surface area contributed by atoms with E-state index in [2.05, 4.69) is 5.32 Å². The summed E-state index contributed by atoms with van der Waals surface area (Å²) in [6.45, 7) is 1.65. The average molecular weight is 347 g/mol. The average Bonchev–Trinajstić information content (AvgIpc) is 2.63. The number of carbonyl (C=O) groups is 2. The zero-order valence-electron chi connectivity index (χ0n) is 13.7. The van der Waals surface area contributed by atoms with Crippen molar-refractivity contribution >= 4 is 29.1 Å². The van der Waals surface area contributed by atoms with Gasteiger partial charge in [0.05, 0.1) is 11.8 Å². The summed E-state index contributed by atoms with van der Waals surface area (Å²) < 4.78 is 0. The van der Waals surface area contributed by atoms with Crippen molar-refractivity contribution in [2.24, 2.45) is 11.8 Å². The summed E-state index contributed by atoms with van der Waals surface area (Å²) in [5.74, 6) is -0.507. The van der Waals surface area contributed by atoms with Crippen LogP contribution in [0.3, 0.4) is 0 Å². The van der Waals surface area contributed by atoms with Gasteiger partial charge < -0.3 is 10.2 Å². The fourth-order valence-electron chi connectivity index (χ4n) is 3.49. The van der Waals surface area contributed by atoms with Crippen molar-refractivity contribution in [3.63, 3.8) is 0 Å². The van der Waals surface area contributed by atoms with Crippen LogP contribution in [0, 0.1) is 11.8 Å². The van der Waals surface area contributed by atoms with Crippen LogP contribution >= 0.6 is 11.6 Å². The molecule has 1 N–H and O–H groups in total. The lowest BCUT2D eigenvalue weighted by atomic mass is 9.81. The maximum atomic E-state index is 12.9. The largest absolute Gasteiger partial charge is 0.342 e. The number of piperidine rings is 1. The molecule has 128 valence electrons. The zero-order chi connectivity index (χ0) is 16.9. The molecule has 1 saturated heterocycles. The molecule has 0 bridgehead atoms. The lowest BCUT2D eigenvalue weighted by Gasteiger charge is -2.34. The van der Waals surface area contributed by atoms with E-state index in [1.807, 2.05) is 17.1 Å². The molecule has 2 aliphatic rings. The van der Waals surface area contributed by atoms with E-state index in [-0.39, 0.29) is 23.7 Å². The fourth-order valence-corrected chi connectivity index (χ4v) is 3.62. The molecule has 0 aromatic heterocycles. The number of halogens is 1. The third-order valence-electron chi connectivity index (χ3n) is 4.87. The number of likely N-dealkylation sites (tertiary alicyclic amines) is 1. The molecule has 0 radical (unpaired) electrons. The van der Waals surface area contributed by atoms with Gasteiger partial charge in [-0.05, 0) is 56.4 Å². The first-order valence-electron chi connectivity index (χ1n) is 8.65. The second-order valence-corrected chi connectivity index (χ2v) is 6.97. The Hall–Kier alpha value is -1.81. The molecular weight excluding hydrogens is 324 g/mol. The number of hydrogen-bond acceptors (Lipinski definition) is 2. The van der Waals surface area contributed by atoms with Crippen molar-refractivity contribution in [3.8, 4) is 0 Å². The molecule has 0 saturated carbocycles. The summed E-state index contributed by atoms with van der Waals surface area (Å²) in [5.41, 5.74) is 0.711. The molecule has 2 unspecified atom stereocenters. The van der Waals surface area contributed by atoms with E-state index < -0.39 is 0 Å². The van der Waals surface area contributed by atoms with E-state index in [1.165, 1.54) is 6.42 Å². The molecule has 2 atom stereocenters. The Balaban J connectivity index is 1.69. The summed E-state index contributed by atoms with van der Waals surface area (Å²) in [6, 6.07) is 7.04. The van der Waals surface area contributed by atoms with Crippen LogP contribution in [-0.4, -0.2) is 29.8 Å². The molecular formula is C19H23ClN2O2. The molecule has 5 heteroatoms. The normalized spacial score (nSPS) is 23.8. The Morgan fingerprint density at radius 3 is 2.25 bits per heavy atom. The number of allylic oxidation sites excluding steroid dienone is 2. The van der Waals surface area contributed by atoms with Crippen molar-refractivity contribution in [1.82, 2.24) is 4.90 Å². The van der Waals surface area contributed by atoms with Crippen LogP contribution in [-0.2, 0) is 9.59 Å². The van der Waals surface area contributed by atoms with Crippen LogP contribution in [0.5, 0.6) is 0 Å². The van der Waals surface area contributed by atoms with Gasteiger partial charge in [0.15, 0.2) is 0 Å². The van der Waals surface area contributed by atoms with Gasteiger partial charge in [0, 0.05) is 23.8 Å². The van der Waals surface area contributed by atoms with Gasteiger partial charge in [-0.1, -0.05) is 23.8 Å². The summed E-state index contributed by atoms with van der Waals surface area (Å²) in [7, 11) is 0. The number of nitrogens with zero attached hydrogens (tertiary/aromatic N) is 1. The predicted molar refractivity (Wildman–Crippen MR) is 95.9 cm³/mol. The highest BCUT2D eigenvalue weighted by Crippen LogP contribution is 2.30. The van der Waals surface area contributed by atoms with Gasteiger partial charge in [0.2, 0.25) is 11.8 Å². The van der Waals surface area contributed by atoms with Crippen LogP contribution in [0.25, 0.3) is 0 Å². The molecule has 3 rings (SSSR count). The number of hydrogen-bond donors (Lipinski definition) is 1. The molecule has 0 spiro atoms. The molecule has 2 amide bonds. The predicted octanol–water partition coefficient (Wildman–Crippen LogP) is 3.87. The topological polar surface area (TPSA) is 49.4 Å². The SMILES string of the molecule is O=C(Nc1ccc(Cl)cc1)C1CC=CCC1C(=O)N1CCCCC1. The van der Waals surface area contributed by atoms with Crippen LogP contribution in [0.1, 0.15) is 32.1 Å². The van der Waals surface area contributed by atoms with E-state index in [9.17, 15) is 9.59 Å². The van der Waals surface area contributed by atoms with Crippen molar-refractivity contribution in [1.29, 1.82) is 0 Å². The molecule has 1 aliphatic heterocycles. The third kappa shape index (κ3) is 3.99. The van der Waals surface area contributed by atoms with E-state index in [0.29, 0.717) is 23.6 Å². The van der Waals surface area contributed by atoms with E-state index in [4.69, 9.17) is 11.6 Å². The lowest BCUT2D eigenvalue weighted by Crippen LogP contribution is -2.45. The van der Waals surface area contributed by atoms with Gasteiger partial charge in [-0.25, -0.2) is 0 Å². The smallest absolute Gasteiger partial charge is 0.228 e. The second-order valence-electron chi connectivity index (χ2n) is 6.54. The molecule has 1 aromatic rings.